The van der Waals surface area contributed by atoms with Gasteiger partial charge in [0.2, 0.25) is 0 Å². The molecule has 6 nitrogen and oxygen atoms in total. The van der Waals surface area contributed by atoms with E-state index >= 15 is 0 Å². The van der Waals surface area contributed by atoms with Crippen LogP contribution in [0.4, 0.5) is 4.79 Å². The summed E-state index contributed by atoms with van der Waals surface area (Å²) in [6, 6.07) is 7.59. The molecule has 2 aromatic rings. The molecule has 0 aliphatic heterocycles. The molecule has 1 heterocycles. The maximum atomic E-state index is 12.0. The number of aromatic nitrogens is 1. The highest BCUT2D eigenvalue weighted by Crippen LogP contribution is 2.24. The molecule has 0 aliphatic rings. The SMILES string of the molecule is C[C@H](c1nc2ccccc2s1)[NH+](C)CC(=O)NC(=O)NC(C)(C)C. The van der Waals surface area contributed by atoms with Gasteiger partial charge in [-0.1, -0.05) is 12.1 Å². The van der Waals surface area contributed by atoms with E-state index in [0.717, 1.165) is 20.1 Å². The van der Waals surface area contributed by atoms with Gasteiger partial charge >= 0.3 is 6.03 Å². The van der Waals surface area contributed by atoms with Crippen LogP contribution in [0.15, 0.2) is 24.3 Å². The first-order valence-electron chi connectivity index (χ1n) is 7.95. The summed E-state index contributed by atoms with van der Waals surface area (Å²) < 4.78 is 1.14. The zero-order chi connectivity index (χ0) is 17.9. The van der Waals surface area contributed by atoms with E-state index in [1.807, 2.05) is 59.0 Å². The van der Waals surface area contributed by atoms with Crippen LogP contribution in [0.25, 0.3) is 10.2 Å². The molecule has 24 heavy (non-hydrogen) atoms. The standard InChI is InChI=1S/C17H24N4O2S/c1-11(15-18-12-8-6-7-9-13(12)24-15)21(5)10-14(22)19-16(23)20-17(2,3)4/h6-9,11H,10H2,1-5H3,(H2,19,20,22,23)/p+1/t11-/m1/s1. The van der Waals surface area contributed by atoms with Gasteiger partial charge in [-0.25, -0.2) is 9.78 Å². The molecule has 1 aromatic carbocycles. The van der Waals surface area contributed by atoms with Gasteiger partial charge in [-0.05, 0) is 39.8 Å². The number of quaternary nitrogens is 1. The van der Waals surface area contributed by atoms with E-state index in [4.69, 9.17) is 0 Å². The number of nitrogens with zero attached hydrogens (tertiary/aromatic N) is 1. The van der Waals surface area contributed by atoms with Gasteiger partial charge in [-0.3, -0.25) is 10.1 Å². The summed E-state index contributed by atoms with van der Waals surface area (Å²) in [5.41, 5.74) is 0.600. The number of carbonyl (C=O) groups is 2. The molecule has 130 valence electrons. The summed E-state index contributed by atoms with van der Waals surface area (Å²) in [6.45, 7) is 7.83. The lowest BCUT2D eigenvalue weighted by atomic mass is 10.1. The third-order valence-corrected chi connectivity index (χ3v) is 4.82. The topological polar surface area (TPSA) is 75.5 Å². The fraction of sp³-hybridized carbons (Fsp3) is 0.471. The summed E-state index contributed by atoms with van der Waals surface area (Å²) in [4.78, 5) is 29.4. The van der Waals surface area contributed by atoms with Crippen LogP contribution in [-0.2, 0) is 4.79 Å². The average Bonchev–Trinajstić information content (AvgIpc) is 2.87. The van der Waals surface area contributed by atoms with Crippen molar-refractivity contribution in [2.24, 2.45) is 0 Å². The van der Waals surface area contributed by atoms with Gasteiger partial charge in [-0.2, -0.15) is 0 Å². The average molecular weight is 349 g/mol. The van der Waals surface area contributed by atoms with E-state index in [2.05, 4.69) is 15.6 Å². The second kappa shape index (κ2) is 7.27. The van der Waals surface area contributed by atoms with E-state index in [9.17, 15) is 9.59 Å². The third-order valence-electron chi connectivity index (χ3n) is 3.60. The highest BCUT2D eigenvalue weighted by Gasteiger charge is 2.23. The number of para-hydroxylation sites is 1. The molecule has 1 unspecified atom stereocenters. The molecule has 1 aromatic heterocycles. The maximum absolute atomic E-state index is 12.0. The number of benzene rings is 1. The van der Waals surface area contributed by atoms with Crippen molar-refractivity contribution >= 4 is 33.5 Å². The first-order chi connectivity index (χ1) is 11.2. The summed E-state index contributed by atoms with van der Waals surface area (Å²) >= 11 is 1.64. The Kier molecular flexibility index (Phi) is 5.56. The van der Waals surface area contributed by atoms with Crippen LogP contribution in [0, 0.1) is 0 Å². The van der Waals surface area contributed by atoms with E-state index in [-0.39, 0.29) is 24.0 Å². The number of hydrogen-bond donors (Lipinski definition) is 3. The van der Waals surface area contributed by atoms with Crippen LogP contribution in [0.3, 0.4) is 0 Å². The Morgan fingerprint density at radius 2 is 1.96 bits per heavy atom. The van der Waals surface area contributed by atoms with Crippen molar-refractivity contribution in [3.05, 3.63) is 29.3 Å². The number of urea groups is 1. The van der Waals surface area contributed by atoms with E-state index in [0.29, 0.717) is 0 Å². The fourth-order valence-corrected chi connectivity index (χ4v) is 3.35. The number of fused-ring (bicyclic) bond motifs is 1. The number of nitrogens with one attached hydrogen (secondary N) is 3. The zero-order valence-corrected chi connectivity index (χ0v) is 15.6. The molecular weight excluding hydrogens is 324 g/mol. The van der Waals surface area contributed by atoms with Crippen LogP contribution in [-0.4, -0.2) is 36.1 Å². The molecule has 3 amide bonds. The number of amides is 3. The number of thiazole rings is 1. The maximum Gasteiger partial charge on any atom is 0.322 e. The minimum Gasteiger partial charge on any atom is -0.333 e. The molecule has 0 fully saturated rings. The Morgan fingerprint density at radius 3 is 2.58 bits per heavy atom. The molecule has 2 rings (SSSR count). The smallest absolute Gasteiger partial charge is 0.322 e. The Labute approximate surface area is 146 Å². The number of imide groups is 1. The van der Waals surface area contributed by atoms with Crippen LogP contribution < -0.4 is 15.5 Å². The number of hydrogen-bond acceptors (Lipinski definition) is 4. The molecule has 0 saturated heterocycles. The van der Waals surface area contributed by atoms with Gasteiger partial charge in [-0.15, -0.1) is 11.3 Å². The van der Waals surface area contributed by atoms with E-state index < -0.39 is 6.03 Å². The lowest BCUT2D eigenvalue weighted by Gasteiger charge is -2.22. The molecule has 0 bridgehead atoms. The fourth-order valence-electron chi connectivity index (χ4n) is 2.24. The van der Waals surface area contributed by atoms with Gasteiger partial charge in [0.25, 0.3) is 5.91 Å². The molecule has 0 radical (unpaired) electrons. The second-order valence-corrected chi connectivity index (χ2v) is 8.08. The van der Waals surface area contributed by atoms with Crippen molar-refractivity contribution in [3.8, 4) is 0 Å². The number of rotatable bonds is 4. The monoisotopic (exact) mass is 349 g/mol. The molecule has 0 saturated carbocycles. The van der Waals surface area contributed by atoms with Crippen LogP contribution in [0.2, 0.25) is 0 Å². The van der Waals surface area contributed by atoms with Crippen molar-refractivity contribution in [2.75, 3.05) is 13.6 Å². The second-order valence-electron chi connectivity index (χ2n) is 7.02. The van der Waals surface area contributed by atoms with Gasteiger partial charge in [0.05, 0.1) is 17.3 Å². The third kappa shape index (κ3) is 5.01. The van der Waals surface area contributed by atoms with Crippen LogP contribution in [0.1, 0.15) is 38.7 Å². The van der Waals surface area contributed by atoms with Crippen molar-refractivity contribution in [2.45, 2.75) is 39.3 Å². The van der Waals surface area contributed by atoms with Crippen molar-refractivity contribution in [3.63, 3.8) is 0 Å². The predicted molar refractivity (Wildman–Crippen MR) is 96.2 cm³/mol. The minimum atomic E-state index is -0.465. The van der Waals surface area contributed by atoms with Crippen molar-refractivity contribution in [1.29, 1.82) is 0 Å². The van der Waals surface area contributed by atoms with Gasteiger partial charge in [0.1, 0.15) is 6.04 Å². The largest absolute Gasteiger partial charge is 0.333 e. The first kappa shape index (κ1) is 18.4. The highest BCUT2D eigenvalue weighted by molar-refractivity contribution is 7.18. The summed E-state index contributed by atoms with van der Waals surface area (Å²) in [5.74, 6) is -0.304. The predicted octanol–water partition coefficient (Wildman–Crippen LogP) is 1.50. The molecule has 0 aliphatic carbocycles. The number of carbonyl (C=O) groups excluding carboxylic acids is 2. The van der Waals surface area contributed by atoms with Crippen LogP contribution >= 0.6 is 11.3 Å². The lowest BCUT2D eigenvalue weighted by molar-refractivity contribution is -0.902. The molecular formula is C17H25N4O2S+. The zero-order valence-electron chi connectivity index (χ0n) is 14.8. The van der Waals surface area contributed by atoms with Gasteiger partial charge in [0.15, 0.2) is 11.6 Å². The first-order valence-corrected chi connectivity index (χ1v) is 8.77. The summed E-state index contributed by atoms with van der Waals surface area (Å²) in [7, 11) is 1.93. The van der Waals surface area contributed by atoms with E-state index in [1.54, 1.807) is 11.3 Å². The Bertz CT molecular complexity index is 703. The van der Waals surface area contributed by atoms with Crippen LogP contribution in [0.5, 0.6) is 0 Å². The van der Waals surface area contributed by atoms with Crippen molar-refractivity contribution in [1.82, 2.24) is 15.6 Å². The van der Waals surface area contributed by atoms with E-state index in [1.165, 1.54) is 0 Å². The normalized spacial score (nSPS) is 14.2. The summed E-state index contributed by atoms with van der Waals surface area (Å²) in [5, 5.41) is 6.07. The Morgan fingerprint density at radius 1 is 1.29 bits per heavy atom. The molecule has 7 heteroatoms. The lowest BCUT2D eigenvalue weighted by Crippen LogP contribution is -3.10. The summed E-state index contributed by atoms with van der Waals surface area (Å²) in [6.07, 6.45) is 0. The Hall–Kier alpha value is -1.99. The van der Waals surface area contributed by atoms with Gasteiger partial charge in [0, 0.05) is 5.54 Å². The molecule has 2 atom stereocenters. The van der Waals surface area contributed by atoms with Gasteiger partial charge < -0.3 is 10.2 Å². The highest BCUT2D eigenvalue weighted by atomic mass is 32.1. The number of likely N-dealkylation sites (N-methyl/N-ethyl adjacent to an activating group) is 1. The molecule has 0 spiro atoms. The quantitative estimate of drug-likeness (QED) is 0.783. The molecule has 3 N–H and O–H groups in total. The Balaban J connectivity index is 1.94. The van der Waals surface area contributed by atoms with Crippen molar-refractivity contribution < 1.29 is 14.5 Å². The minimum absolute atomic E-state index is 0.0684.